The Morgan fingerprint density at radius 1 is 1.50 bits per heavy atom. The van der Waals surface area contributed by atoms with Gasteiger partial charge >= 0.3 is 0 Å². The molecule has 0 spiro atoms. The third-order valence-corrected chi connectivity index (χ3v) is 4.52. The van der Waals surface area contributed by atoms with Crippen molar-refractivity contribution in [2.75, 3.05) is 19.8 Å². The number of rotatable bonds is 5. The number of thiazole rings is 1. The Bertz CT molecular complexity index is 653. The quantitative estimate of drug-likeness (QED) is 0.921. The van der Waals surface area contributed by atoms with E-state index in [2.05, 4.69) is 10.3 Å². The Morgan fingerprint density at radius 3 is 3.18 bits per heavy atom. The summed E-state index contributed by atoms with van der Waals surface area (Å²) in [6, 6.07) is 6.31. The summed E-state index contributed by atoms with van der Waals surface area (Å²) in [5, 5.41) is 5.49. The van der Waals surface area contributed by atoms with Crippen LogP contribution in [0.4, 0.5) is 4.39 Å². The van der Waals surface area contributed by atoms with E-state index in [1.807, 2.05) is 11.4 Å². The molecule has 2 aromatic rings. The van der Waals surface area contributed by atoms with Crippen LogP contribution in [0, 0.1) is 11.7 Å². The third kappa shape index (κ3) is 3.90. The van der Waals surface area contributed by atoms with E-state index in [9.17, 15) is 9.18 Å². The molecule has 22 heavy (non-hydrogen) atoms. The van der Waals surface area contributed by atoms with Crippen LogP contribution in [0.2, 0.25) is 0 Å². The summed E-state index contributed by atoms with van der Waals surface area (Å²) in [5.74, 6) is 0.0935. The van der Waals surface area contributed by atoms with Crippen LogP contribution in [0.25, 0.3) is 10.6 Å². The van der Waals surface area contributed by atoms with Gasteiger partial charge in [0.05, 0.1) is 18.7 Å². The fourth-order valence-corrected chi connectivity index (χ4v) is 3.19. The second-order valence-corrected chi connectivity index (χ2v) is 6.22. The van der Waals surface area contributed by atoms with Gasteiger partial charge in [0.15, 0.2) is 0 Å². The molecule has 1 amide bonds. The van der Waals surface area contributed by atoms with E-state index in [-0.39, 0.29) is 18.1 Å². The molecule has 0 aliphatic carbocycles. The zero-order valence-corrected chi connectivity index (χ0v) is 12.9. The average molecular weight is 320 g/mol. The summed E-state index contributed by atoms with van der Waals surface area (Å²) in [4.78, 5) is 16.3. The highest BCUT2D eigenvalue weighted by atomic mass is 32.1. The number of benzene rings is 1. The largest absolute Gasteiger partial charge is 0.381 e. The second-order valence-electron chi connectivity index (χ2n) is 5.36. The monoisotopic (exact) mass is 320 g/mol. The van der Waals surface area contributed by atoms with E-state index < -0.39 is 0 Å². The molecule has 3 rings (SSSR count). The van der Waals surface area contributed by atoms with Crippen molar-refractivity contribution in [1.82, 2.24) is 10.3 Å². The molecule has 6 heteroatoms. The topological polar surface area (TPSA) is 51.2 Å². The first-order chi connectivity index (χ1) is 10.7. The standard InChI is InChI=1S/C16H17FN2O2S/c17-13-3-1-2-12(6-13)16-19-14(10-22-16)7-15(20)18-8-11-4-5-21-9-11/h1-3,6,10-11H,4-5,7-9H2,(H,18,20)/t11-/m1/s1. The molecule has 2 heterocycles. The molecule has 1 aliphatic heterocycles. The van der Waals surface area contributed by atoms with Crippen LogP contribution in [0.1, 0.15) is 12.1 Å². The maximum atomic E-state index is 13.2. The molecule has 0 saturated carbocycles. The Kier molecular flexibility index (Phi) is 4.80. The van der Waals surface area contributed by atoms with Crippen LogP contribution >= 0.6 is 11.3 Å². The number of carbonyl (C=O) groups excluding carboxylic acids is 1. The molecule has 1 fully saturated rings. The zero-order chi connectivity index (χ0) is 15.4. The van der Waals surface area contributed by atoms with Crippen molar-refractivity contribution in [2.45, 2.75) is 12.8 Å². The van der Waals surface area contributed by atoms with E-state index in [0.717, 1.165) is 30.2 Å². The number of hydrogen-bond acceptors (Lipinski definition) is 4. The number of carbonyl (C=O) groups is 1. The van der Waals surface area contributed by atoms with Gasteiger partial charge in [-0.2, -0.15) is 0 Å². The van der Waals surface area contributed by atoms with E-state index in [0.29, 0.717) is 18.2 Å². The molecule has 0 bridgehead atoms. The van der Waals surface area contributed by atoms with Crippen molar-refractivity contribution in [3.63, 3.8) is 0 Å². The Labute approximate surface area is 132 Å². The summed E-state index contributed by atoms with van der Waals surface area (Å²) < 4.78 is 18.5. The van der Waals surface area contributed by atoms with Crippen molar-refractivity contribution in [3.8, 4) is 10.6 Å². The van der Waals surface area contributed by atoms with Crippen molar-refractivity contribution < 1.29 is 13.9 Å². The molecule has 0 radical (unpaired) electrons. The zero-order valence-electron chi connectivity index (χ0n) is 12.0. The van der Waals surface area contributed by atoms with Crippen LogP contribution < -0.4 is 5.32 Å². The Morgan fingerprint density at radius 2 is 2.41 bits per heavy atom. The Balaban J connectivity index is 1.55. The minimum Gasteiger partial charge on any atom is -0.381 e. The van der Waals surface area contributed by atoms with Gasteiger partial charge in [0.2, 0.25) is 5.91 Å². The number of halogens is 1. The van der Waals surface area contributed by atoms with Gasteiger partial charge < -0.3 is 10.1 Å². The van der Waals surface area contributed by atoms with Gasteiger partial charge in [0.25, 0.3) is 0 Å². The summed E-state index contributed by atoms with van der Waals surface area (Å²) in [6.07, 6.45) is 1.25. The molecule has 1 saturated heterocycles. The van der Waals surface area contributed by atoms with Crippen LogP contribution in [0.5, 0.6) is 0 Å². The lowest BCUT2D eigenvalue weighted by atomic mass is 10.1. The van der Waals surface area contributed by atoms with Gasteiger partial charge in [-0.15, -0.1) is 11.3 Å². The van der Waals surface area contributed by atoms with Gasteiger partial charge in [-0.05, 0) is 18.6 Å². The van der Waals surface area contributed by atoms with Crippen molar-refractivity contribution in [1.29, 1.82) is 0 Å². The lowest BCUT2D eigenvalue weighted by molar-refractivity contribution is -0.120. The highest BCUT2D eigenvalue weighted by Crippen LogP contribution is 2.24. The number of aromatic nitrogens is 1. The van der Waals surface area contributed by atoms with E-state index in [1.54, 1.807) is 6.07 Å². The first kappa shape index (κ1) is 15.1. The fraction of sp³-hybridized carbons (Fsp3) is 0.375. The lowest BCUT2D eigenvalue weighted by Gasteiger charge is -2.08. The molecule has 4 nitrogen and oxygen atoms in total. The molecule has 1 N–H and O–H groups in total. The van der Waals surface area contributed by atoms with Crippen LogP contribution in [0.15, 0.2) is 29.6 Å². The first-order valence-electron chi connectivity index (χ1n) is 7.25. The van der Waals surface area contributed by atoms with Crippen molar-refractivity contribution in [3.05, 3.63) is 41.2 Å². The maximum absolute atomic E-state index is 13.2. The predicted octanol–water partition coefficient (Wildman–Crippen LogP) is 2.64. The molecular formula is C16H17FN2O2S. The van der Waals surface area contributed by atoms with E-state index in [1.165, 1.54) is 23.5 Å². The molecular weight excluding hydrogens is 303 g/mol. The minimum absolute atomic E-state index is 0.0389. The highest BCUT2D eigenvalue weighted by molar-refractivity contribution is 7.13. The first-order valence-corrected chi connectivity index (χ1v) is 8.13. The molecule has 116 valence electrons. The van der Waals surface area contributed by atoms with Gasteiger partial charge in [0.1, 0.15) is 10.8 Å². The number of amides is 1. The summed E-state index contributed by atoms with van der Waals surface area (Å²) in [7, 11) is 0. The molecule has 1 aliphatic rings. The van der Waals surface area contributed by atoms with E-state index in [4.69, 9.17) is 4.74 Å². The molecule has 1 aromatic heterocycles. The normalized spacial score (nSPS) is 17.6. The number of nitrogens with zero attached hydrogens (tertiary/aromatic N) is 1. The molecule has 0 unspecified atom stereocenters. The second kappa shape index (κ2) is 6.98. The van der Waals surface area contributed by atoms with Gasteiger partial charge in [-0.3, -0.25) is 4.79 Å². The minimum atomic E-state index is -0.286. The van der Waals surface area contributed by atoms with Gasteiger partial charge in [-0.25, -0.2) is 9.37 Å². The predicted molar refractivity (Wildman–Crippen MR) is 83.1 cm³/mol. The number of nitrogens with one attached hydrogen (secondary N) is 1. The maximum Gasteiger partial charge on any atom is 0.226 e. The third-order valence-electron chi connectivity index (χ3n) is 3.58. The SMILES string of the molecule is O=C(Cc1csc(-c2cccc(F)c2)n1)NC[C@H]1CCOC1. The Hall–Kier alpha value is -1.79. The van der Waals surface area contributed by atoms with Crippen molar-refractivity contribution in [2.24, 2.45) is 5.92 Å². The highest BCUT2D eigenvalue weighted by Gasteiger charge is 2.17. The summed E-state index contributed by atoms with van der Waals surface area (Å²) in [6.45, 7) is 2.16. The number of ether oxygens (including phenoxy) is 1. The van der Waals surface area contributed by atoms with Crippen LogP contribution in [-0.2, 0) is 16.0 Å². The summed E-state index contributed by atoms with van der Waals surface area (Å²) in [5.41, 5.74) is 1.45. The average Bonchev–Trinajstić information content (AvgIpc) is 3.16. The smallest absolute Gasteiger partial charge is 0.226 e. The van der Waals surface area contributed by atoms with Gasteiger partial charge in [0, 0.05) is 30.0 Å². The van der Waals surface area contributed by atoms with Gasteiger partial charge in [-0.1, -0.05) is 12.1 Å². The van der Waals surface area contributed by atoms with Crippen LogP contribution in [-0.4, -0.2) is 30.6 Å². The fourth-order valence-electron chi connectivity index (χ4n) is 2.37. The molecule has 1 atom stereocenters. The molecule has 1 aromatic carbocycles. The summed E-state index contributed by atoms with van der Waals surface area (Å²) >= 11 is 1.42. The van der Waals surface area contributed by atoms with Crippen LogP contribution in [0.3, 0.4) is 0 Å². The lowest BCUT2D eigenvalue weighted by Crippen LogP contribution is -2.30. The number of hydrogen-bond donors (Lipinski definition) is 1. The van der Waals surface area contributed by atoms with E-state index >= 15 is 0 Å². The van der Waals surface area contributed by atoms with Crippen molar-refractivity contribution >= 4 is 17.2 Å².